The first-order valence-electron chi connectivity index (χ1n) is 4.28. The Balaban J connectivity index is 2.80. The summed E-state index contributed by atoms with van der Waals surface area (Å²) in [7, 11) is -1.30. The van der Waals surface area contributed by atoms with Gasteiger partial charge in [-0.05, 0) is 37.3 Å². The number of nitrogens with zero attached hydrogens (tertiary/aromatic N) is 1. The summed E-state index contributed by atoms with van der Waals surface area (Å²) in [5.41, 5.74) is 1.16. The Bertz CT molecular complexity index is 315. The van der Waals surface area contributed by atoms with Crippen LogP contribution in [-0.2, 0) is 0 Å². The first-order chi connectivity index (χ1) is 5.97. The van der Waals surface area contributed by atoms with Crippen molar-refractivity contribution in [2.24, 2.45) is 4.66 Å². The van der Waals surface area contributed by atoms with Gasteiger partial charge in [0.15, 0.2) is 8.24 Å². The van der Waals surface area contributed by atoms with Crippen molar-refractivity contribution < 1.29 is 0 Å². The molecule has 0 saturated heterocycles. The van der Waals surface area contributed by atoms with Crippen molar-refractivity contribution in [3.63, 3.8) is 0 Å². The summed E-state index contributed by atoms with van der Waals surface area (Å²) in [6.45, 7) is 6.67. The van der Waals surface area contributed by atoms with Crippen LogP contribution >= 0.6 is 15.9 Å². The van der Waals surface area contributed by atoms with Crippen LogP contribution in [0, 0.1) is 0 Å². The van der Waals surface area contributed by atoms with Gasteiger partial charge >= 0.3 is 0 Å². The molecule has 1 rings (SSSR count). The molecule has 1 aromatic carbocycles. The smallest absolute Gasteiger partial charge is 0.172 e. The molecule has 0 fully saturated rings. The maximum atomic E-state index is 4.56. The van der Waals surface area contributed by atoms with Gasteiger partial charge in [0.25, 0.3) is 0 Å². The van der Waals surface area contributed by atoms with E-state index in [9.17, 15) is 0 Å². The van der Waals surface area contributed by atoms with Gasteiger partial charge in [0, 0.05) is 10.7 Å². The molecule has 0 aliphatic heterocycles. The second-order valence-corrected chi connectivity index (χ2v) is 9.50. The first-order valence-corrected chi connectivity index (χ1v) is 8.52. The maximum Gasteiger partial charge on any atom is 0.172 e. The highest BCUT2D eigenvalue weighted by Crippen LogP contribution is 2.11. The van der Waals surface area contributed by atoms with Gasteiger partial charge in [-0.1, -0.05) is 28.1 Å². The molecule has 0 atom stereocenters. The largest absolute Gasteiger partial charge is 0.329 e. The molecule has 70 valence electrons. The highest BCUT2D eigenvalue weighted by Gasteiger charge is 2.08. The summed E-state index contributed by atoms with van der Waals surface area (Å²) in [5, 5.41) is 0. The van der Waals surface area contributed by atoms with Gasteiger partial charge in [-0.2, -0.15) is 0 Å². The molecule has 0 radical (unpaired) electrons. The molecule has 0 bridgehead atoms. The van der Waals surface area contributed by atoms with E-state index in [1.54, 1.807) is 0 Å². The van der Waals surface area contributed by atoms with Crippen molar-refractivity contribution in [3.05, 3.63) is 34.3 Å². The number of rotatable bonds is 2. The summed E-state index contributed by atoms with van der Waals surface area (Å²) in [5.74, 6) is 0. The van der Waals surface area contributed by atoms with Gasteiger partial charge in [0.05, 0.1) is 0 Å². The molecule has 0 N–H and O–H groups in total. The normalized spacial score (nSPS) is 12.3. The van der Waals surface area contributed by atoms with Crippen LogP contribution in [0.2, 0.25) is 19.6 Å². The lowest BCUT2D eigenvalue weighted by Gasteiger charge is -2.07. The van der Waals surface area contributed by atoms with Crippen LogP contribution in [0.15, 0.2) is 33.4 Å². The Labute approximate surface area is 89.1 Å². The predicted octanol–water partition coefficient (Wildman–Crippen LogP) is 3.70. The number of halogens is 1. The molecule has 0 unspecified atom stereocenters. The molecule has 0 heterocycles. The van der Waals surface area contributed by atoms with E-state index in [1.807, 2.05) is 18.3 Å². The fourth-order valence-electron chi connectivity index (χ4n) is 0.855. The zero-order valence-corrected chi connectivity index (χ0v) is 10.8. The monoisotopic (exact) mass is 255 g/mol. The lowest BCUT2D eigenvalue weighted by atomic mass is 10.2. The SMILES string of the molecule is C[Si](C)(C)/N=C/c1cccc(Br)c1. The van der Waals surface area contributed by atoms with Crippen molar-refractivity contribution in [2.75, 3.05) is 0 Å². The van der Waals surface area contributed by atoms with Crippen LogP contribution in [0.1, 0.15) is 5.56 Å². The third-order valence-corrected chi connectivity index (χ3v) is 2.85. The van der Waals surface area contributed by atoms with E-state index >= 15 is 0 Å². The third kappa shape index (κ3) is 4.38. The molecule has 0 aliphatic rings. The highest BCUT2D eigenvalue weighted by molar-refractivity contribution is 9.10. The molecular weight excluding hydrogens is 242 g/mol. The summed E-state index contributed by atoms with van der Waals surface area (Å²) < 4.78 is 5.66. The molecule has 1 aromatic rings. The Morgan fingerprint density at radius 3 is 2.54 bits per heavy atom. The molecule has 3 heteroatoms. The number of benzene rings is 1. The standard InChI is InChI=1S/C10H14BrNSi/c1-13(2,3)12-8-9-5-4-6-10(11)7-9/h4-8H,1-3H3/b12-8+. The van der Waals surface area contributed by atoms with E-state index < -0.39 is 8.24 Å². The fraction of sp³-hybridized carbons (Fsp3) is 0.300. The maximum absolute atomic E-state index is 4.56. The lowest BCUT2D eigenvalue weighted by Crippen LogP contribution is -2.16. The van der Waals surface area contributed by atoms with Gasteiger partial charge in [0.2, 0.25) is 0 Å². The van der Waals surface area contributed by atoms with E-state index in [0.717, 1.165) is 10.0 Å². The van der Waals surface area contributed by atoms with Gasteiger partial charge in [-0.25, -0.2) is 0 Å². The van der Waals surface area contributed by atoms with Crippen LogP contribution in [0.25, 0.3) is 0 Å². The Hall–Kier alpha value is -0.413. The predicted molar refractivity (Wildman–Crippen MR) is 65.1 cm³/mol. The second kappa shape index (κ2) is 4.20. The van der Waals surface area contributed by atoms with Crippen LogP contribution < -0.4 is 0 Å². The van der Waals surface area contributed by atoms with Crippen LogP contribution in [0.3, 0.4) is 0 Å². The van der Waals surface area contributed by atoms with Gasteiger partial charge < -0.3 is 4.66 Å². The van der Waals surface area contributed by atoms with E-state index in [1.165, 1.54) is 0 Å². The van der Waals surface area contributed by atoms with E-state index in [2.05, 4.69) is 52.4 Å². The molecule has 13 heavy (non-hydrogen) atoms. The fourth-order valence-corrected chi connectivity index (χ4v) is 1.81. The lowest BCUT2D eigenvalue weighted by molar-refractivity contribution is 1.55. The topological polar surface area (TPSA) is 12.4 Å². The molecule has 0 aliphatic carbocycles. The molecule has 0 saturated carbocycles. The van der Waals surface area contributed by atoms with Crippen molar-refractivity contribution in [1.29, 1.82) is 0 Å². The average Bonchev–Trinajstić information content (AvgIpc) is 2.00. The molecule has 1 nitrogen and oxygen atoms in total. The quantitative estimate of drug-likeness (QED) is 0.565. The summed E-state index contributed by atoms with van der Waals surface area (Å²) in [6.07, 6.45) is 1.97. The van der Waals surface area contributed by atoms with E-state index in [0.29, 0.717) is 0 Å². The third-order valence-electron chi connectivity index (χ3n) is 1.45. The first kappa shape index (κ1) is 10.7. The Morgan fingerprint density at radius 2 is 2.00 bits per heavy atom. The number of hydrogen-bond acceptors (Lipinski definition) is 1. The van der Waals surface area contributed by atoms with E-state index in [-0.39, 0.29) is 0 Å². The zero-order chi connectivity index (χ0) is 9.90. The van der Waals surface area contributed by atoms with Crippen molar-refractivity contribution >= 4 is 30.4 Å². The van der Waals surface area contributed by atoms with Crippen molar-refractivity contribution in [2.45, 2.75) is 19.6 Å². The molecule has 0 aromatic heterocycles. The van der Waals surface area contributed by atoms with Crippen molar-refractivity contribution in [3.8, 4) is 0 Å². The average molecular weight is 256 g/mol. The minimum absolute atomic E-state index is 1.10. The van der Waals surface area contributed by atoms with Crippen LogP contribution in [0.4, 0.5) is 0 Å². The van der Waals surface area contributed by atoms with Gasteiger partial charge in [-0.3, -0.25) is 0 Å². The highest BCUT2D eigenvalue weighted by atomic mass is 79.9. The summed E-state index contributed by atoms with van der Waals surface area (Å²) >= 11 is 3.43. The van der Waals surface area contributed by atoms with Crippen LogP contribution in [-0.4, -0.2) is 14.5 Å². The second-order valence-electron chi connectivity index (χ2n) is 3.98. The summed E-state index contributed by atoms with van der Waals surface area (Å²) in [6, 6.07) is 8.18. The van der Waals surface area contributed by atoms with Crippen molar-refractivity contribution in [1.82, 2.24) is 0 Å². The van der Waals surface area contributed by atoms with Gasteiger partial charge in [-0.15, -0.1) is 0 Å². The zero-order valence-electron chi connectivity index (χ0n) is 8.21. The number of hydrogen-bond donors (Lipinski definition) is 0. The summed E-state index contributed by atoms with van der Waals surface area (Å²) in [4.78, 5) is 0. The van der Waals surface area contributed by atoms with Gasteiger partial charge in [0.1, 0.15) is 0 Å². The minimum Gasteiger partial charge on any atom is -0.329 e. The molecular formula is C10H14BrNSi. The molecule has 0 amide bonds. The Kier molecular flexibility index (Phi) is 3.45. The van der Waals surface area contributed by atoms with E-state index in [4.69, 9.17) is 0 Å². The Morgan fingerprint density at radius 1 is 1.31 bits per heavy atom. The van der Waals surface area contributed by atoms with Crippen LogP contribution in [0.5, 0.6) is 0 Å². The minimum atomic E-state index is -1.30. The molecule has 0 spiro atoms.